The van der Waals surface area contributed by atoms with Crippen molar-refractivity contribution >= 4 is 53.3 Å². The number of benzene rings is 7. The van der Waals surface area contributed by atoms with Gasteiger partial charge >= 0.3 is 0 Å². The summed E-state index contributed by atoms with van der Waals surface area (Å²) in [6.45, 7) is 0. The summed E-state index contributed by atoms with van der Waals surface area (Å²) in [4.78, 5) is 15.1. The lowest BCUT2D eigenvalue weighted by molar-refractivity contribution is 1.08. The molecule has 0 fully saturated rings. The third-order valence-corrected chi connectivity index (χ3v) is 10.7. The molecule has 0 bridgehead atoms. The summed E-state index contributed by atoms with van der Waals surface area (Å²) < 4.78 is 4.83. The van der Waals surface area contributed by atoms with Crippen molar-refractivity contribution in [1.82, 2.24) is 19.5 Å². The first kappa shape index (κ1) is 28.6. The molecule has 0 atom stereocenters. The van der Waals surface area contributed by atoms with Crippen molar-refractivity contribution in [2.24, 2.45) is 0 Å². The summed E-state index contributed by atoms with van der Waals surface area (Å²) in [7, 11) is 0. The van der Waals surface area contributed by atoms with Crippen LogP contribution in [-0.2, 0) is 0 Å². The Kier molecular flexibility index (Phi) is 6.64. The Labute approximate surface area is 292 Å². The maximum atomic E-state index is 5.09. The molecule has 0 saturated carbocycles. The molecule has 10 aromatic rings. The van der Waals surface area contributed by atoms with Gasteiger partial charge in [-0.05, 0) is 41.5 Å². The van der Waals surface area contributed by atoms with Gasteiger partial charge in [0.1, 0.15) is 0 Å². The summed E-state index contributed by atoms with van der Waals surface area (Å²) in [6.07, 6.45) is 0. The molecular weight excluding hydrogens is 629 g/mol. The first-order valence-corrected chi connectivity index (χ1v) is 17.5. The van der Waals surface area contributed by atoms with E-state index in [2.05, 4.69) is 138 Å². The highest BCUT2D eigenvalue weighted by Crippen LogP contribution is 2.45. The summed E-state index contributed by atoms with van der Waals surface area (Å²) in [5.41, 5.74) is 8.88. The molecule has 0 amide bonds. The van der Waals surface area contributed by atoms with E-state index >= 15 is 0 Å². The second-order valence-electron chi connectivity index (χ2n) is 12.4. The molecule has 0 aliphatic rings. The smallest absolute Gasteiger partial charge is 0.165 e. The fourth-order valence-corrected chi connectivity index (χ4v) is 8.49. The Balaban J connectivity index is 1.19. The van der Waals surface area contributed by atoms with Crippen molar-refractivity contribution in [3.8, 4) is 51.0 Å². The second kappa shape index (κ2) is 11.6. The number of hydrogen-bond donors (Lipinski definition) is 0. The molecule has 0 N–H and O–H groups in total. The maximum absolute atomic E-state index is 5.09. The van der Waals surface area contributed by atoms with Crippen molar-refractivity contribution in [2.45, 2.75) is 0 Å². The van der Waals surface area contributed by atoms with E-state index in [1.807, 2.05) is 47.7 Å². The van der Waals surface area contributed by atoms with Gasteiger partial charge < -0.3 is 4.57 Å². The Morgan fingerprint density at radius 2 is 0.900 bits per heavy atom. The van der Waals surface area contributed by atoms with Gasteiger partial charge in [-0.25, -0.2) is 15.0 Å². The molecule has 234 valence electrons. The molecule has 0 spiro atoms. The van der Waals surface area contributed by atoms with E-state index in [1.54, 1.807) is 0 Å². The topological polar surface area (TPSA) is 43.6 Å². The van der Waals surface area contributed by atoms with Crippen LogP contribution in [0.1, 0.15) is 0 Å². The van der Waals surface area contributed by atoms with E-state index in [-0.39, 0.29) is 0 Å². The van der Waals surface area contributed by atoms with Crippen molar-refractivity contribution in [3.63, 3.8) is 0 Å². The van der Waals surface area contributed by atoms with Gasteiger partial charge in [-0.15, -0.1) is 11.3 Å². The van der Waals surface area contributed by atoms with Crippen molar-refractivity contribution < 1.29 is 0 Å². The van der Waals surface area contributed by atoms with Crippen molar-refractivity contribution in [1.29, 1.82) is 0 Å². The highest BCUT2D eigenvalue weighted by molar-refractivity contribution is 7.27. The van der Waals surface area contributed by atoms with Crippen LogP contribution < -0.4 is 0 Å². The number of aromatic nitrogens is 4. The Bertz CT molecular complexity index is 2780. The van der Waals surface area contributed by atoms with Gasteiger partial charge in [-0.3, -0.25) is 0 Å². The lowest BCUT2D eigenvalue weighted by Gasteiger charge is -2.09. The average molecular weight is 657 g/mol. The van der Waals surface area contributed by atoms with Crippen LogP contribution in [0.5, 0.6) is 0 Å². The van der Waals surface area contributed by atoms with E-state index in [9.17, 15) is 0 Å². The fraction of sp³-hybridized carbons (Fsp3) is 0. The molecule has 0 aliphatic heterocycles. The monoisotopic (exact) mass is 656 g/mol. The van der Waals surface area contributed by atoms with E-state index in [4.69, 9.17) is 15.0 Å². The zero-order valence-electron chi connectivity index (χ0n) is 26.9. The first-order valence-electron chi connectivity index (χ1n) is 16.7. The van der Waals surface area contributed by atoms with Gasteiger partial charge in [-0.2, -0.15) is 0 Å². The minimum atomic E-state index is 0.663. The van der Waals surface area contributed by atoms with Crippen LogP contribution in [0.25, 0.3) is 93.0 Å². The van der Waals surface area contributed by atoms with Gasteiger partial charge in [0, 0.05) is 53.3 Å². The number of hydrogen-bond acceptors (Lipinski definition) is 4. The Morgan fingerprint density at radius 3 is 1.58 bits per heavy atom. The predicted molar refractivity (Wildman–Crippen MR) is 209 cm³/mol. The van der Waals surface area contributed by atoms with Crippen molar-refractivity contribution in [3.05, 3.63) is 170 Å². The zero-order valence-corrected chi connectivity index (χ0v) is 27.7. The standard InChI is InChI=1S/C45H28N4S/c1-4-13-29(14-5-1)30-23-25-33(26-24-30)49-38-22-11-10-19-36(38)40-39(49)28-27-35-34-20-12-21-37(41(34)50-42(35)40)45-47-43(31-15-6-2-7-16-31)46-44(48-45)32-17-8-3-9-18-32/h1-28H. The van der Waals surface area contributed by atoms with Crippen LogP contribution in [0.3, 0.4) is 0 Å². The number of para-hydroxylation sites is 1. The zero-order chi connectivity index (χ0) is 33.0. The number of rotatable bonds is 5. The molecule has 0 aliphatic carbocycles. The van der Waals surface area contributed by atoms with Crippen LogP contribution in [0.2, 0.25) is 0 Å². The number of thiophene rings is 1. The van der Waals surface area contributed by atoms with Crippen LogP contribution in [0.15, 0.2) is 170 Å². The SMILES string of the molecule is c1ccc(-c2ccc(-n3c4ccccc4c4c5sc6c(-c7nc(-c8ccccc8)nc(-c8ccccc8)n7)cccc6c5ccc43)cc2)cc1. The normalized spacial score (nSPS) is 11.6. The number of fused-ring (bicyclic) bond motifs is 7. The average Bonchev–Trinajstić information content (AvgIpc) is 3.75. The molecule has 10 rings (SSSR count). The van der Waals surface area contributed by atoms with E-state index < -0.39 is 0 Å². The molecule has 50 heavy (non-hydrogen) atoms. The van der Waals surface area contributed by atoms with E-state index in [1.165, 1.54) is 53.1 Å². The lowest BCUT2D eigenvalue weighted by atomic mass is 10.1. The molecule has 4 nitrogen and oxygen atoms in total. The van der Waals surface area contributed by atoms with Gasteiger partial charge in [0.25, 0.3) is 0 Å². The third kappa shape index (κ3) is 4.63. The van der Waals surface area contributed by atoms with Gasteiger partial charge in [0.05, 0.1) is 11.0 Å². The molecule has 7 aromatic carbocycles. The molecule has 5 heteroatoms. The molecular formula is C45H28N4S. The molecule has 0 unspecified atom stereocenters. The van der Waals surface area contributed by atoms with Crippen LogP contribution in [0.4, 0.5) is 0 Å². The fourth-order valence-electron chi connectivity index (χ4n) is 7.12. The summed E-state index contributed by atoms with van der Waals surface area (Å²) in [5.74, 6) is 2.00. The van der Waals surface area contributed by atoms with E-state index in [0.29, 0.717) is 17.5 Å². The Morgan fingerprint density at radius 1 is 0.360 bits per heavy atom. The quantitative estimate of drug-likeness (QED) is 0.185. The largest absolute Gasteiger partial charge is 0.309 e. The highest BCUT2D eigenvalue weighted by atomic mass is 32.1. The molecule has 0 saturated heterocycles. The number of nitrogens with zero attached hydrogens (tertiary/aromatic N) is 4. The summed E-state index contributed by atoms with van der Waals surface area (Å²) >= 11 is 1.83. The molecule has 3 aromatic heterocycles. The van der Waals surface area contributed by atoms with Gasteiger partial charge in [-0.1, -0.05) is 140 Å². The maximum Gasteiger partial charge on any atom is 0.165 e. The van der Waals surface area contributed by atoms with Gasteiger partial charge in [0.15, 0.2) is 17.5 Å². The lowest BCUT2D eigenvalue weighted by Crippen LogP contribution is -2.00. The van der Waals surface area contributed by atoms with Crippen LogP contribution in [0, 0.1) is 0 Å². The van der Waals surface area contributed by atoms with Crippen LogP contribution >= 0.6 is 11.3 Å². The Hall–Kier alpha value is -6.43. The second-order valence-corrected chi connectivity index (χ2v) is 13.4. The predicted octanol–water partition coefficient (Wildman–Crippen LogP) is 12.0. The molecule has 0 radical (unpaired) electrons. The minimum absolute atomic E-state index is 0.663. The first-order chi connectivity index (χ1) is 24.8. The minimum Gasteiger partial charge on any atom is -0.309 e. The van der Waals surface area contributed by atoms with Gasteiger partial charge in [0.2, 0.25) is 0 Å². The third-order valence-electron chi connectivity index (χ3n) is 9.47. The van der Waals surface area contributed by atoms with E-state index in [0.717, 1.165) is 22.4 Å². The van der Waals surface area contributed by atoms with Crippen LogP contribution in [-0.4, -0.2) is 19.5 Å². The summed E-state index contributed by atoms with van der Waals surface area (Å²) in [5, 5.41) is 4.95. The van der Waals surface area contributed by atoms with Crippen molar-refractivity contribution in [2.75, 3.05) is 0 Å². The molecule has 3 heterocycles. The summed E-state index contributed by atoms with van der Waals surface area (Å²) in [6, 6.07) is 59.6. The highest BCUT2D eigenvalue weighted by Gasteiger charge is 2.20.